The van der Waals surface area contributed by atoms with Gasteiger partial charge in [-0.3, -0.25) is 0 Å². The van der Waals surface area contributed by atoms with Crippen LogP contribution in [0, 0.1) is 17.3 Å². The van der Waals surface area contributed by atoms with Crippen molar-refractivity contribution in [3.63, 3.8) is 0 Å². The van der Waals surface area contributed by atoms with E-state index in [0.717, 1.165) is 49.7 Å². The van der Waals surface area contributed by atoms with Crippen LogP contribution in [0.4, 0.5) is 0 Å². The summed E-state index contributed by atoms with van der Waals surface area (Å²) in [6.07, 6.45) is -2.20. The Balaban J connectivity index is 1.54. The van der Waals surface area contributed by atoms with Crippen LogP contribution in [0.1, 0.15) is 56.1 Å². The van der Waals surface area contributed by atoms with E-state index < -0.39 is 37.3 Å². The molecule has 0 unspecified atom stereocenters. The molecule has 1 heterocycles. The summed E-state index contributed by atoms with van der Waals surface area (Å²) in [6, 6.07) is 1.71. The maximum Gasteiger partial charge on any atom is 0.229 e. The molecular weight excluding hydrogens is 444 g/mol. The van der Waals surface area contributed by atoms with Crippen molar-refractivity contribution in [3.05, 3.63) is 17.2 Å². The number of benzene rings is 1. The normalized spacial score (nSPS) is 43.6. The molecule has 0 radical (unpaired) electrons. The predicted octanol–water partition coefficient (Wildman–Crippen LogP) is 0.796. The Kier molecular flexibility index (Phi) is 6.23. The number of aromatic hydroxyl groups is 1. The number of phenols is 1. The summed E-state index contributed by atoms with van der Waals surface area (Å²) in [5.41, 5.74) is 1.76. The molecule has 3 aliphatic carbocycles. The first-order chi connectivity index (χ1) is 16.2. The van der Waals surface area contributed by atoms with E-state index in [2.05, 4.69) is 6.92 Å². The monoisotopic (exact) mass is 480 g/mol. The van der Waals surface area contributed by atoms with Gasteiger partial charge in [0.05, 0.1) is 19.8 Å². The van der Waals surface area contributed by atoms with Gasteiger partial charge in [0.25, 0.3) is 0 Å². The lowest BCUT2D eigenvalue weighted by atomic mass is 9.55. The summed E-state index contributed by atoms with van der Waals surface area (Å²) in [5, 5.41) is 61.9. The van der Waals surface area contributed by atoms with Crippen molar-refractivity contribution in [1.29, 1.82) is 0 Å². The first-order valence-corrected chi connectivity index (χ1v) is 12.3. The van der Waals surface area contributed by atoms with Crippen LogP contribution in [-0.4, -0.2) is 81.2 Å². The molecule has 34 heavy (non-hydrogen) atoms. The lowest BCUT2D eigenvalue weighted by molar-refractivity contribution is -0.277. The highest BCUT2D eigenvalue weighted by Crippen LogP contribution is 2.63. The molecule has 0 aromatic heterocycles. The molecule has 10 atom stereocenters. The number of rotatable bonds is 4. The van der Waals surface area contributed by atoms with Gasteiger partial charge in [-0.2, -0.15) is 0 Å². The zero-order chi connectivity index (χ0) is 24.4. The Morgan fingerprint density at radius 2 is 1.79 bits per heavy atom. The highest BCUT2D eigenvalue weighted by molar-refractivity contribution is 5.61. The van der Waals surface area contributed by atoms with Crippen LogP contribution in [0.5, 0.6) is 17.2 Å². The fraction of sp³-hybridized carbons (Fsp3) is 0.760. The number of aryl methyl sites for hydroxylation is 1. The number of hydrogen-bond donors (Lipinski definition) is 6. The Morgan fingerprint density at radius 1 is 1.03 bits per heavy atom. The van der Waals surface area contributed by atoms with Crippen LogP contribution in [0.2, 0.25) is 0 Å². The van der Waals surface area contributed by atoms with Gasteiger partial charge < -0.3 is 44.8 Å². The van der Waals surface area contributed by atoms with E-state index in [4.69, 9.17) is 14.2 Å². The smallest absolute Gasteiger partial charge is 0.229 e. The molecule has 9 nitrogen and oxygen atoms in total. The first kappa shape index (κ1) is 24.1. The van der Waals surface area contributed by atoms with Gasteiger partial charge in [-0.15, -0.1) is 0 Å². The lowest BCUT2D eigenvalue weighted by Crippen LogP contribution is -2.60. The van der Waals surface area contributed by atoms with Crippen molar-refractivity contribution in [3.8, 4) is 17.2 Å². The third kappa shape index (κ3) is 3.51. The average molecular weight is 481 g/mol. The number of methoxy groups -OCH3 is 1. The highest BCUT2D eigenvalue weighted by atomic mass is 16.7. The minimum Gasteiger partial charge on any atom is -0.504 e. The minimum absolute atomic E-state index is 0.0868. The van der Waals surface area contributed by atoms with E-state index in [1.807, 2.05) is 0 Å². The van der Waals surface area contributed by atoms with Crippen LogP contribution in [0.3, 0.4) is 0 Å². The van der Waals surface area contributed by atoms with Gasteiger partial charge in [0.15, 0.2) is 11.5 Å². The molecule has 2 saturated carbocycles. The first-order valence-electron chi connectivity index (χ1n) is 12.3. The summed E-state index contributed by atoms with van der Waals surface area (Å²) in [5.74, 6) is 1.15. The molecular formula is C25H36O9. The largest absolute Gasteiger partial charge is 0.504 e. The lowest BCUT2D eigenvalue weighted by Gasteiger charge is -2.50. The third-order valence-electron chi connectivity index (χ3n) is 9.13. The Morgan fingerprint density at radius 3 is 2.50 bits per heavy atom. The van der Waals surface area contributed by atoms with Crippen LogP contribution >= 0.6 is 0 Å². The van der Waals surface area contributed by atoms with Crippen LogP contribution in [-0.2, 0) is 11.2 Å². The third-order valence-corrected chi connectivity index (χ3v) is 9.13. The molecule has 4 aliphatic rings. The standard InChI is InChI=1S/C25H36O9/c1-25-8-7-13-12(14(25)5-6-17(25)28)4-3-11-9-15(27)22(32-2)23(18(11)13)34-24-21(31)20(30)19(29)16(10-26)33-24/h9,12-14,16-17,19-21,24,26-31H,3-8,10H2,1-2H3/t12-,13+,14+,16-,17-,19+,20+,21-,24-,25+/m1/s1. The molecule has 6 N–H and O–H groups in total. The maximum absolute atomic E-state index is 10.7. The fourth-order valence-electron chi connectivity index (χ4n) is 7.24. The second-order valence-corrected chi connectivity index (χ2v) is 10.7. The Hall–Kier alpha value is -1.62. The number of fused-ring (bicyclic) bond motifs is 5. The van der Waals surface area contributed by atoms with Crippen molar-refractivity contribution in [2.75, 3.05) is 13.7 Å². The zero-order valence-corrected chi connectivity index (χ0v) is 19.6. The van der Waals surface area contributed by atoms with Gasteiger partial charge in [0.1, 0.15) is 24.4 Å². The number of ether oxygens (including phenoxy) is 3. The average Bonchev–Trinajstić information content (AvgIpc) is 3.13. The maximum atomic E-state index is 10.7. The SMILES string of the molecule is COc1c(O)cc2c(c1O[C@H]1O[C@H](CO)[C@H](O)[C@H](O)[C@H]1O)[C@H]1CC[C@]3(C)[C@H](O)CC[C@H]3[C@@H]1CC2. The van der Waals surface area contributed by atoms with Crippen molar-refractivity contribution in [2.24, 2.45) is 17.3 Å². The van der Waals surface area contributed by atoms with E-state index in [9.17, 15) is 30.6 Å². The topological polar surface area (TPSA) is 149 Å². The van der Waals surface area contributed by atoms with Crippen LogP contribution in [0.15, 0.2) is 6.07 Å². The molecule has 0 amide bonds. The van der Waals surface area contributed by atoms with Gasteiger partial charge in [-0.25, -0.2) is 0 Å². The van der Waals surface area contributed by atoms with Crippen molar-refractivity contribution >= 4 is 0 Å². The predicted molar refractivity (Wildman–Crippen MR) is 120 cm³/mol. The molecule has 1 aromatic carbocycles. The molecule has 1 saturated heterocycles. The summed E-state index contributed by atoms with van der Waals surface area (Å²) < 4.78 is 17.2. The van der Waals surface area contributed by atoms with Gasteiger partial charge in [-0.05, 0) is 73.3 Å². The minimum atomic E-state index is -1.57. The van der Waals surface area contributed by atoms with Gasteiger partial charge in [0.2, 0.25) is 12.0 Å². The number of aliphatic hydroxyl groups excluding tert-OH is 5. The quantitative estimate of drug-likeness (QED) is 0.368. The second kappa shape index (κ2) is 8.80. The number of phenolic OH excluding ortho intramolecular Hbond substituents is 1. The zero-order valence-electron chi connectivity index (χ0n) is 19.6. The van der Waals surface area contributed by atoms with E-state index in [-0.39, 0.29) is 34.7 Å². The summed E-state index contributed by atoms with van der Waals surface area (Å²) in [6.45, 7) is 1.64. The summed E-state index contributed by atoms with van der Waals surface area (Å²) >= 11 is 0. The van der Waals surface area contributed by atoms with Gasteiger partial charge in [-0.1, -0.05) is 6.92 Å². The summed E-state index contributed by atoms with van der Waals surface area (Å²) in [4.78, 5) is 0. The van der Waals surface area contributed by atoms with E-state index in [1.165, 1.54) is 7.11 Å². The molecule has 9 heteroatoms. The van der Waals surface area contributed by atoms with E-state index >= 15 is 0 Å². The molecule has 0 bridgehead atoms. The second-order valence-electron chi connectivity index (χ2n) is 10.7. The molecule has 0 spiro atoms. The number of hydrogen-bond acceptors (Lipinski definition) is 9. The van der Waals surface area contributed by atoms with E-state index in [0.29, 0.717) is 11.8 Å². The molecule has 1 aliphatic heterocycles. The van der Waals surface area contributed by atoms with Gasteiger partial charge >= 0.3 is 0 Å². The van der Waals surface area contributed by atoms with Gasteiger partial charge in [0, 0.05) is 5.56 Å². The fourth-order valence-corrected chi connectivity index (χ4v) is 7.24. The Labute approximate surface area is 198 Å². The van der Waals surface area contributed by atoms with Crippen molar-refractivity contribution in [2.45, 2.75) is 88.2 Å². The molecule has 5 rings (SSSR count). The molecule has 190 valence electrons. The molecule has 3 fully saturated rings. The highest BCUT2D eigenvalue weighted by Gasteiger charge is 2.55. The van der Waals surface area contributed by atoms with Crippen molar-refractivity contribution in [1.82, 2.24) is 0 Å². The van der Waals surface area contributed by atoms with Crippen molar-refractivity contribution < 1.29 is 44.8 Å². The molecule has 1 aromatic rings. The summed E-state index contributed by atoms with van der Waals surface area (Å²) in [7, 11) is 1.42. The van der Waals surface area contributed by atoms with Crippen LogP contribution in [0.25, 0.3) is 0 Å². The number of aliphatic hydroxyl groups is 5. The Bertz CT molecular complexity index is 920. The van der Waals surface area contributed by atoms with E-state index in [1.54, 1.807) is 6.07 Å². The van der Waals surface area contributed by atoms with Crippen LogP contribution < -0.4 is 9.47 Å².